The lowest BCUT2D eigenvalue weighted by molar-refractivity contribution is -0.120. The van der Waals surface area contributed by atoms with Gasteiger partial charge in [0.2, 0.25) is 21.8 Å². The van der Waals surface area contributed by atoms with E-state index in [1.165, 1.54) is 4.31 Å². The van der Waals surface area contributed by atoms with Crippen molar-refractivity contribution in [3.8, 4) is 0 Å². The maximum absolute atomic E-state index is 13.6. The van der Waals surface area contributed by atoms with Gasteiger partial charge in [-0.2, -0.15) is 4.31 Å². The Morgan fingerprint density at radius 3 is 2.17 bits per heavy atom. The van der Waals surface area contributed by atoms with E-state index in [2.05, 4.69) is 10.6 Å². The van der Waals surface area contributed by atoms with Crippen molar-refractivity contribution in [3.05, 3.63) is 89.0 Å². The van der Waals surface area contributed by atoms with Crippen molar-refractivity contribution in [2.24, 2.45) is 0 Å². The van der Waals surface area contributed by atoms with E-state index >= 15 is 0 Å². The fraction of sp³-hybridized carbons (Fsp3) is 0.259. The Bertz CT molecular complexity index is 1370. The fourth-order valence-electron chi connectivity index (χ4n) is 4.18. The molecule has 1 heterocycles. The number of carbonyl (C=O) groups excluding carboxylic acids is 2. The third-order valence-electron chi connectivity index (χ3n) is 6.32. The Labute approximate surface area is 206 Å². The van der Waals surface area contributed by atoms with Crippen LogP contribution >= 0.6 is 0 Å². The summed E-state index contributed by atoms with van der Waals surface area (Å²) < 4.78 is 28.6. The van der Waals surface area contributed by atoms with Gasteiger partial charge in [-0.3, -0.25) is 9.59 Å². The molecule has 0 radical (unpaired) electrons. The summed E-state index contributed by atoms with van der Waals surface area (Å²) in [6.07, 6.45) is 0.599. The molecule has 0 fully saturated rings. The van der Waals surface area contributed by atoms with Crippen LogP contribution in [0.5, 0.6) is 0 Å². The largest absolute Gasteiger partial charge is 0.326 e. The van der Waals surface area contributed by atoms with E-state index in [4.69, 9.17) is 0 Å². The number of nitrogens with zero attached hydrogens (tertiary/aromatic N) is 1. The maximum atomic E-state index is 13.6. The van der Waals surface area contributed by atoms with Gasteiger partial charge in [0.25, 0.3) is 0 Å². The Balaban J connectivity index is 1.68. The zero-order valence-corrected chi connectivity index (χ0v) is 20.9. The molecule has 0 aliphatic carbocycles. The van der Waals surface area contributed by atoms with Crippen LogP contribution < -0.4 is 10.6 Å². The predicted octanol–water partition coefficient (Wildman–Crippen LogP) is 4.41. The molecule has 0 aromatic heterocycles. The van der Waals surface area contributed by atoms with Crippen molar-refractivity contribution in [3.63, 3.8) is 0 Å². The van der Waals surface area contributed by atoms with Gasteiger partial charge in [-0.25, -0.2) is 8.42 Å². The van der Waals surface area contributed by atoms with E-state index in [1.807, 2.05) is 31.2 Å². The SMILES string of the molecule is CCC(=O)Nc1cccc(NC(=O)C2Cc3ccccc3CN2S(=O)(=O)c2ccc(C)cc2)c1C. The normalized spacial score (nSPS) is 15.8. The van der Waals surface area contributed by atoms with Gasteiger partial charge in [-0.15, -0.1) is 0 Å². The maximum Gasteiger partial charge on any atom is 0.244 e. The molecule has 0 saturated heterocycles. The molecule has 4 rings (SSSR count). The summed E-state index contributed by atoms with van der Waals surface area (Å²) in [4.78, 5) is 25.6. The van der Waals surface area contributed by atoms with Gasteiger partial charge in [0.15, 0.2) is 0 Å². The van der Waals surface area contributed by atoms with Crippen LogP contribution in [0.25, 0.3) is 0 Å². The second-order valence-corrected chi connectivity index (χ2v) is 10.6. The highest BCUT2D eigenvalue weighted by Gasteiger charge is 2.39. The molecule has 1 aliphatic heterocycles. The van der Waals surface area contributed by atoms with Crippen LogP contribution in [0, 0.1) is 13.8 Å². The Morgan fingerprint density at radius 1 is 0.886 bits per heavy atom. The lowest BCUT2D eigenvalue weighted by atomic mass is 9.95. The number of carbonyl (C=O) groups is 2. The molecule has 1 atom stereocenters. The molecule has 0 bridgehead atoms. The average Bonchev–Trinajstić information content (AvgIpc) is 2.85. The topological polar surface area (TPSA) is 95.6 Å². The third-order valence-corrected chi connectivity index (χ3v) is 8.19. The van der Waals surface area contributed by atoms with Crippen molar-refractivity contribution in [2.75, 3.05) is 10.6 Å². The van der Waals surface area contributed by atoms with Gasteiger partial charge in [-0.1, -0.05) is 55.0 Å². The minimum absolute atomic E-state index is 0.107. The zero-order chi connectivity index (χ0) is 25.2. The van der Waals surface area contributed by atoms with E-state index in [1.54, 1.807) is 56.3 Å². The molecule has 3 aromatic carbocycles. The van der Waals surface area contributed by atoms with Gasteiger partial charge >= 0.3 is 0 Å². The summed E-state index contributed by atoms with van der Waals surface area (Å²) in [7, 11) is -3.93. The number of amides is 2. The van der Waals surface area contributed by atoms with Gasteiger partial charge in [0.1, 0.15) is 6.04 Å². The minimum Gasteiger partial charge on any atom is -0.326 e. The highest BCUT2D eigenvalue weighted by atomic mass is 32.2. The van der Waals surface area contributed by atoms with Crippen LogP contribution in [0.1, 0.15) is 35.6 Å². The Kier molecular flexibility index (Phi) is 7.05. The Morgan fingerprint density at radius 2 is 1.51 bits per heavy atom. The fourth-order valence-corrected chi connectivity index (χ4v) is 5.75. The average molecular weight is 492 g/mol. The second kappa shape index (κ2) is 10.0. The number of hydrogen-bond acceptors (Lipinski definition) is 4. The van der Waals surface area contributed by atoms with Gasteiger partial charge in [-0.05, 0) is 61.2 Å². The van der Waals surface area contributed by atoms with E-state index in [9.17, 15) is 18.0 Å². The number of nitrogens with one attached hydrogen (secondary N) is 2. The smallest absolute Gasteiger partial charge is 0.244 e. The van der Waals surface area contributed by atoms with Gasteiger partial charge < -0.3 is 10.6 Å². The standard InChI is InChI=1S/C27H29N3O4S/c1-4-26(31)28-23-10-7-11-24(19(23)3)29-27(32)25-16-20-8-5-6-9-21(20)17-30(25)35(33,34)22-14-12-18(2)13-15-22/h5-15,25H,4,16-17H2,1-3H3,(H,28,31)(H,29,32). The number of benzene rings is 3. The van der Waals surface area contributed by atoms with Crippen LogP contribution in [0.15, 0.2) is 71.6 Å². The molecule has 1 unspecified atom stereocenters. The van der Waals surface area contributed by atoms with Crippen LogP contribution in [0.4, 0.5) is 11.4 Å². The van der Waals surface area contributed by atoms with Crippen molar-refractivity contribution in [1.29, 1.82) is 0 Å². The Hall–Kier alpha value is -3.49. The van der Waals surface area contributed by atoms with E-state index in [-0.39, 0.29) is 23.8 Å². The third kappa shape index (κ3) is 5.13. The number of rotatable bonds is 6. The molecule has 35 heavy (non-hydrogen) atoms. The van der Waals surface area contributed by atoms with Gasteiger partial charge in [0.05, 0.1) is 4.90 Å². The summed E-state index contributed by atoms with van der Waals surface area (Å²) in [5.41, 5.74) is 4.61. The molecule has 8 heteroatoms. The van der Waals surface area contributed by atoms with Crippen molar-refractivity contribution < 1.29 is 18.0 Å². The molecule has 0 spiro atoms. The highest BCUT2D eigenvalue weighted by molar-refractivity contribution is 7.89. The summed E-state index contributed by atoms with van der Waals surface area (Å²) in [6.45, 7) is 5.57. The molecule has 3 aromatic rings. The molecule has 182 valence electrons. The van der Waals surface area contributed by atoms with E-state index < -0.39 is 22.0 Å². The second-order valence-electron chi connectivity index (χ2n) is 8.72. The number of anilines is 2. The van der Waals surface area contributed by atoms with Crippen molar-refractivity contribution >= 4 is 33.2 Å². The summed E-state index contributed by atoms with van der Waals surface area (Å²) in [6, 6.07) is 18.6. The first-order valence-corrected chi connectivity index (χ1v) is 13.0. The van der Waals surface area contributed by atoms with Gasteiger partial charge in [0, 0.05) is 24.3 Å². The van der Waals surface area contributed by atoms with Crippen LogP contribution in [0.3, 0.4) is 0 Å². The molecule has 0 saturated carbocycles. The summed E-state index contributed by atoms with van der Waals surface area (Å²) in [5, 5.41) is 5.74. The molecule has 2 N–H and O–H groups in total. The zero-order valence-electron chi connectivity index (χ0n) is 20.0. The number of sulfonamides is 1. The number of aryl methyl sites for hydroxylation is 1. The van der Waals surface area contributed by atoms with Crippen LogP contribution in [-0.2, 0) is 32.6 Å². The van der Waals surface area contributed by atoms with E-state index in [0.717, 1.165) is 16.7 Å². The molecule has 2 amide bonds. The first kappa shape index (κ1) is 24.6. The molecular weight excluding hydrogens is 462 g/mol. The lowest BCUT2D eigenvalue weighted by Gasteiger charge is -2.35. The minimum atomic E-state index is -3.93. The predicted molar refractivity (Wildman–Crippen MR) is 137 cm³/mol. The monoisotopic (exact) mass is 491 g/mol. The van der Waals surface area contributed by atoms with Crippen molar-refractivity contribution in [1.82, 2.24) is 4.31 Å². The highest BCUT2D eigenvalue weighted by Crippen LogP contribution is 2.31. The van der Waals surface area contributed by atoms with Crippen LogP contribution in [0.2, 0.25) is 0 Å². The summed E-state index contributed by atoms with van der Waals surface area (Å²) in [5.74, 6) is -0.548. The number of fused-ring (bicyclic) bond motifs is 1. The van der Waals surface area contributed by atoms with E-state index in [0.29, 0.717) is 23.4 Å². The van der Waals surface area contributed by atoms with Crippen LogP contribution in [-0.4, -0.2) is 30.6 Å². The molecule has 7 nitrogen and oxygen atoms in total. The summed E-state index contributed by atoms with van der Waals surface area (Å²) >= 11 is 0. The quantitative estimate of drug-likeness (QED) is 0.534. The van der Waals surface area contributed by atoms with Crippen molar-refractivity contribution in [2.45, 2.75) is 51.1 Å². The molecule has 1 aliphatic rings. The first-order chi connectivity index (χ1) is 16.7. The molecular formula is C27H29N3O4S. The lowest BCUT2D eigenvalue weighted by Crippen LogP contribution is -2.50. The first-order valence-electron chi connectivity index (χ1n) is 11.6. The number of hydrogen-bond donors (Lipinski definition) is 2.